The number of anilines is 2. The van der Waals surface area contributed by atoms with Crippen LogP contribution in [0.3, 0.4) is 0 Å². The van der Waals surface area contributed by atoms with Crippen molar-refractivity contribution < 1.29 is 24.2 Å². The summed E-state index contributed by atoms with van der Waals surface area (Å²) in [7, 11) is 3.46. The van der Waals surface area contributed by atoms with Crippen LogP contribution in [0.15, 0.2) is 72.6 Å². The highest BCUT2D eigenvalue weighted by molar-refractivity contribution is 6.51. The largest absolute Gasteiger partial charge is 0.507 e. The van der Waals surface area contributed by atoms with E-state index in [1.54, 1.807) is 67.0 Å². The van der Waals surface area contributed by atoms with Gasteiger partial charge in [-0.1, -0.05) is 12.1 Å². The lowest BCUT2D eigenvalue weighted by atomic mass is 9.95. The molecule has 1 N–H and O–H groups in total. The summed E-state index contributed by atoms with van der Waals surface area (Å²) in [6, 6.07) is 14.8. The molecule has 2 aromatic carbocycles. The Morgan fingerprint density at radius 2 is 2.00 bits per heavy atom. The van der Waals surface area contributed by atoms with Crippen LogP contribution in [0.1, 0.15) is 17.2 Å². The molecular formula is C26H23N3O5. The Labute approximate surface area is 196 Å². The number of pyridine rings is 1. The van der Waals surface area contributed by atoms with Gasteiger partial charge in [-0.25, -0.2) is 0 Å². The highest BCUT2D eigenvalue weighted by Gasteiger charge is 2.47. The molecular weight excluding hydrogens is 434 g/mol. The number of aromatic nitrogens is 1. The van der Waals surface area contributed by atoms with Gasteiger partial charge < -0.3 is 19.5 Å². The van der Waals surface area contributed by atoms with E-state index in [4.69, 9.17) is 9.47 Å². The first kappa shape index (κ1) is 21.5. The summed E-state index contributed by atoms with van der Waals surface area (Å²) < 4.78 is 11.0. The van der Waals surface area contributed by atoms with Crippen LogP contribution < -0.4 is 19.3 Å². The maximum Gasteiger partial charge on any atom is 0.300 e. The second-order valence-corrected chi connectivity index (χ2v) is 8.11. The topological polar surface area (TPSA) is 92.2 Å². The SMILES string of the molecule is COc1cccc(N2C(=O)C(=O)/C(=C(\O)c3ccc4c(c3)N(C)CCO4)C2c2cccnc2)c1. The number of methoxy groups -OCH3 is 1. The number of aliphatic hydroxyl groups excluding tert-OH is 1. The summed E-state index contributed by atoms with van der Waals surface area (Å²) in [5.41, 5.74) is 2.31. The minimum Gasteiger partial charge on any atom is -0.507 e. The Morgan fingerprint density at radius 1 is 1.15 bits per heavy atom. The van der Waals surface area contributed by atoms with Crippen molar-refractivity contribution in [1.82, 2.24) is 4.98 Å². The zero-order valence-corrected chi connectivity index (χ0v) is 18.8. The van der Waals surface area contributed by atoms with Crippen molar-refractivity contribution in [2.75, 3.05) is 37.1 Å². The fraction of sp³-hybridized carbons (Fsp3) is 0.192. The van der Waals surface area contributed by atoms with E-state index >= 15 is 0 Å². The second kappa shape index (κ2) is 8.55. The zero-order chi connectivity index (χ0) is 23.8. The van der Waals surface area contributed by atoms with Gasteiger partial charge in [0.2, 0.25) is 0 Å². The van der Waals surface area contributed by atoms with E-state index in [0.29, 0.717) is 41.5 Å². The lowest BCUT2D eigenvalue weighted by molar-refractivity contribution is -0.132. The number of fused-ring (bicyclic) bond motifs is 1. The normalized spacial score (nSPS) is 19.1. The van der Waals surface area contributed by atoms with Gasteiger partial charge in [-0.2, -0.15) is 0 Å². The van der Waals surface area contributed by atoms with Crippen molar-refractivity contribution >= 4 is 28.8 Å². The quantitative estimate of drug-likeness (QED) is 0.364. The number of ketones is 1. The number of hydrogen-bond donors (Lipinski definition) is 1. The van der Waals surface area contributed by atoms with Gasteiger partial charge in [0.1, 0.15) is 23.9 Å². The maximum atomic E-state index is 13.3. The third-order valence-corrected chi connectivity index (χ3v) is 6.10. The molecule has 0 radical (unpaired) electrons. The van der Waals surface area contributed by atoms with Gasteiger partial charge in [0.25, 0.3) is 11.7 Å². The number of rotatable bonds is 4. The fourth-order valence-corrected chi connectivity index (χ4v) is 4.37. The zero-order valence-electron chi connectivity index (χ0n) is 18.8. The number of nitrogens with zero attached hydrogens (tertiary/aromatic N) is 3. The standard InChI is InChI=1S/C26H23N3O5/c1-28-11-12-34-21-9-8-16(13-20(21)28)24(30)22-23(17-5-4-10-27-15-17)29(26(32)25(22)31)18-6-3-7-19(14-18)33-2/h3-10,13-15,23,30H,11-12H2,1-2H3/b24-22-. The number of ether oxygens (including phenoxy) is 2. The molecule has 1 atom stereocenters. The average Bonchev–Trinajstić information content (AvgIpc) is 3.14. The summed E-state index contributed by atoms with van der Waals surface area (Å²) in [5, 5.41) is 11.4. The monoisotopic (exact) mass is 457 g/mol. The molecule has 2 aliphatic rings. The summed E-state index contributed by atoms with van der Waals surface area (Å²) in [4.78, 5) is 34.1. The highest BCUT2D eigenvalue weighted by atomic mass is 16.5. The van der Waals surface area contributed by atoms with Gasteiger partial charge in [-0.05, 0) is 42.0 Å². The van der Waals surface area contributed by atoms with Crippen LogP contribution >= 0.6 is 0 Å². The van der Waals surface area contributed by atoms with Gasteiger partial charge in [-0.15, -0.1) is 0 Å². The van der Waals surface area contributed by atoms with Crippen molar-refractivity contribution in [1.29, 1.82) is 0 Å². The van der Waals surface area contributed by atoms with Crippen molar-refractivity contribution in [2.24, 2.45) is 0 Å². The average molecular weight is 457 g/mol. The summed E-state index contributed by atoms with van der Waals surface area (Å²) >= 11 is 0. The molecule has 8 nitrogen and oxygen atoms in total. The Morgan fingerprint density at radius 3 is 2.76 bits per heavy atom. The number of Topliss-reactive ketones (excluding diaryl/α,β-unsaturated/α-hetero) is 1. The molecule has 5 rings (SSSR count). The van der Waals surface area contributed by atoms with Crippen molar-refractivity contribution in [3.8, 4) is 11.5 Å². The van der Waals surface area contributed by atoms with Crippen LogP contribution in [-0.4, -0.2) is 49.1 Å². The third-order valence-electron chi connectivity index (χ3n) is 6.10. The molecule has 3 aromatic rings. The molecule has 3 heterocycles. The van der Waals surface area contributed by atoms with Gasteiger partial charge in [-0.3, -0.25) is 19.5 Å². The number of amides is 1. The number of likely N-dealkylation sites (N-methyl/N-ethyl adjacent to an activating group) is 1. The van der Waals surface area contributed by atoms with E-state index in [-0.39, 0.29) is 11.3 Å². The number of aliphatic hydroxyl groups is 1. The van der Waals surface area contributed by atoms with E-state index in [2.05, 4.69) is 4.98 Å². The molecule has 8 heteroatoms. The van der Waals surface area contributed by atoms with Crippen LogP contribution in [0.4, 0.5) is 11.4 Å². The second-order valence-electron chi connectivity index (χ2n) is 8.11. The first-order chi connectivity index (χ1) is 16.5. The minimum atomic E-state index is -0.856. The molecule has 2 aliphatic heterocycles. The van der Waals surface area contributed by atoms with Gasteiger partial charge in [0.05, 0.1) is 31.0 Å². The van der Waals surface area contributed by atoms with Gasteiger partial charge in [0, 0.05) is 36.8 Å². The van der Waals surface area contributed by atoms with Crippen LogP contribution in [0.25, 0.3) is 5.76 Å². The van der Waals surface area contributed by atoms with Crippen molar-refractivity contribution in [3.63, 3.8) is 0 Å². The van der Waals surface area contributed by atoms with Crippen LogP contribution in [0, 0.1) is 0 Å². The highest BCUT2D eigenvalue weighted by Crippen LogP contribution is 2.43. The molecule has 1 aromatic heterocycles. The molecule has 1 amide bonds. The first-order valence-corrected chi connectivity index (χ1v) is 10.8. The fourth-order valence-electron chi connectivity index (χ4n) is 4.37. The van der Waals surface area contributed by atoms with Crippen LogP contribution in [0.2, 0.25) is 0 Å². The van der Waals surface area contributed by atoms with Crippen LogP contribution in [0.5, 0.6) is 11.5 Å². The molecule has 34 heavy (non-hydrogen) atoms. The van der Waals surface area contributed by atoms with E-state index < -0.39 is 17.7 Å². The number of hydrogen-bond acceptors (Lipinski definition) is 7. The van der Waals surface area contributed by atoms with Gasteiger partial charge >= 0.3 is 0 Å². The molecule has 0 saturated carbocycles. The third kappa shape index (κ3) is 3.53. The predicted octanol–water partition coefficient (Wildman–Crippen LogP) is 3.55. The van der Waals surface area contributed by atoms with Crippen molar-refractivity contribution in [3.05, 3.63) is 83.7 Å². The molecule has 1 saturated heterocycles. The van der Waals surface area contributed by atoms with Crippen molar-refractivity contribution in [2.45, 2.75) is 6.04 Å². The lowest BCUT2D eigenvalue weighted by Gasteiger charge is -2.28. The minimum absolute atomic E-state index is 0.000140. The number of benzene rings is 2. The van der Waals surface area contributed by atoms with E-state index in [1.807, 2.05) is 11.9 Å². The number of carbonyl (C=O) groups excluding carboxylic acids is 2. The Kier molecular flexibility index (Phi) is 5.41. The van der Waals surface area contributed by atoms with Crippen LogP contribution in [-0.2, 0) is 9.59 Å². The van der Waals surface area contributed by atoms with Gasteiger partial charge in [0.15, 0.2) is 0 Å². The van der Waals surface area contributed by atoms with E-state index in [1.165, 1.54) is 12.0 Å². The van der Waals surface area contributed by atoms with E-state index in [0.717, 1.165) is 5.69 Å². The molecule has 0 aliphatic carbocycles. The number of carbonyl (C=O) groups is 2. The first-order valence-electron chi connectivity index (χ1n) is 10.8. The molecule has 1 fully saturated rings. The lowest BCUT2D eigenvalue weighted by Crippen LogP contribution is -2.29. The Bertz CT molecular complexity index is 1300. The smallest absolute Gasteiger partial charge is 0.300 e. The maximum absolute atomic E-state index is 13.3. The molecule has 1 unspecified atom stereocenters. The Hall–Kier alpha value is -4.33. The molecule has 0 bridgehead atoms. The Balaban J connectivity index is 1.69. The summed E-state index contributed by atoms with van der Waals surface area (Å²) in [6.07, 6.45) is 3.20. The summed E-state index contributed by atoms with van der Waals surface area (Å²) in [6.45, 7) is 1.27. The molecule has 172 valence electrons. The predicted molar refractivity (Wildman–Crippen MR) is 127 cm³/mol. The molecule has 0 spiro atoms. The summed E-state index contributed by atoms with van der Waals surface area (Å²) in [5.74, 6) is -0.508. The van der Waals surface area contributed by atoms with E-state index in [9.17, 15) is 14.7 Å².